The van der Waals surface area contributed by atoms with Crippen LogP contribution in [0.2, 0.25) is 0 Å². The first-order valence-corrected chi connectivity index (χ1v) is 5.32. The largest absolute Gasteiger partial charge is 0.492 e. The second-order valence-corrected chi connectivity index (χ2v) is 3.46. The maximum Gasteiger partial charge on any atom is 0.168 e. The predicted molar refractivity (Wildman–Crippen MR) is 63.1 cm³/mol. The highest BCUT2D eigenvalue weighted by Crippen LogP contribution is 2.08. The van der Waals surface area contributed by atoms with Crippen molar-refractivity contribution in [2.45, 2.75) is 6.42 Å². The maximum atomic E-state index is 10.4. The number of hydrogen-bond acceptors (Lipinski definition) is 4. The van der Waals surface area contributed by atoms with E-state index in [1.165, 1.54) is 0 Å². The van der Waals surface area contributed by atoms with Crippen molar-refractivity contribution in [3.63, 3.8) is 0 Å². The molecule has 0 bridgehead atoms. The van der Waals surface area contributed by atoms with E-state index in [-0.39, 0.29) is 0 Å². The molecule has 2 rings (SSSR count). The third-order valence-corrected chi connectivity index (χ3v) is 2.23. The fourth-order valence-corrected chi connectivity index (χ4v) is 1.37. The van der Waals surface area contributed by atoms with Crippen molar-refractivity contribution < 1.29 is 9.53 Å². The molecule has 4 heteroatoms. The average Bonchev–Trinajstić information content (AvgIpc) is 2.41. The van der Waals surface area contributed by atoms with Crippen LogP contribution in [0.25, 0.3) is 0 Å². The summed E-state index contributed by atoms with van der Waals surface area (Å²) in [6.07, 6.45) is 4.76. The molecule has 2 heterocycles. The Labute approximate surface area is 99.3 Å². The van der Waals surface area contributed by atoms with Gasteiger partial charge in [-0.3, -0.25) is 9.78 Å². The molecule has 2 aromatic heterocycles. The van der Waals surface area contributed by atoms with Crippen LogP contribution < -0.4 is 4.74 Å². The number of nitrogens with zero attached hydrogens (tertiary/aromatic N) is 2. The average molecular weight is 228 g/mol. The minimum atomic E-state index is 0.405. The Morgan fingerprint density at radius 2 is 2.12 bits per heavy atom. The molecule has 2 aromatic rings. The zero-order chi connectivity index (χ0) is 11.9. The van der Waals surface area contributed by atoms with Crippen molar-refractivity contribution in [3.8, 4) is 5.75 Å². The number of carbonyl (C=O) groups excluding carboxylic acids is 1. The van der Waals surface area contributed by atoms with Gasteiger partial charge in [0.25, 0.3) is 0 Å². The highest BCUT2D eigenvalue weighted by molar-refractivity contribution is 5.71. The zero-order valence-corrected chi connectivity index (χ0v) is 9.24. The van der Waals surface area contributed by atoms with Gasteiger partial charge in [-0.25, -0.2) is 4.98 Å². The molecule has 4 nitrogen and oxygen atoms in total. The summed E-state index contributed by atoms with van der Waals surface area (Å²) in [5.74, 6) is 0.659. The topological polar surface area (TPSA) is 52.1 Å². The molecule has 0 unspecified atom stereocenters. The summed E-state index contributed by atoms with van der Waals surface area (Å²) in [6.45, 7) is 0.541. The Morgan fingerprint density at radius 1 is 1.18 bits per heavy atom. The summed E-state index contributed by atoms with van der Waals surface area (Å²) >= 11 is 0. The van der Waals surface area contributed by atoms with Crippen molar-refractivity contribution in [2.75, 3.05) is 6.61 Å². The molecule has 0 fully saturated rings. The van der Waals surface area contributed by atoms with Gasteiger partial charge in [0.05, 0.1) is 12.8 Å². The summed E-state index contributed by atoms with van der Waals surface area (Å²) in [7, 11) is 0. The van der Waals surface area contributed by atoms with E-state index in [2.05, 4.69) is 9.97 Å². The van der Waals surface area contributed by atoms with Gasteiger partial charge in [0, 0.05) is 18.3 Å². The predicted octanol–water partition coefficient (Wildman–Crippen LogP) is 1.91. The number of ether oxygens (including phenoxy) is 1. The van der Waals surface area contributed by atoms with E-state index in [4.69, 9.17) is 4.74 Å². The lowest BCUT2D eigenvalue weighted by Crippen LogP contribution is -2.03. The first kappa shape index (κ1) is 11.3. The first-order valence-electron chi connectivity index (χ1n) is 5.32. The molecular weight excluding hydrogens is 216 g/mol. The van der Waals surface area contributed by atoms with Crippen LogP contribution in [-0.2, 0) is 6.42 Å². The van der Waals surface area contributed by atoms with Crippen molar-refractivity contribution >= 4 is 6.29 Å². The molecule has 0 N–H and O–H groups in total. The van der Waals surface area contributed by atoms with E-state index in [1.54, 1.807) is 24.5 Å². The molecule has 0 atom stereocenters. The third kappa shape index (κ3) is 3.38. The molecule has 0 amide bonds. The van der Waals surface area contributed by atoms with Crippen LogP contribution in [0.15, 0.2) is 42.7 Å². The second-order valence-electron chi connectivity index (χ2n) is 3.46. The molecule has 0 saturated heterocycles. The fourth-order valence-electron chi connectivity index (χ4n) is 1.37. The summed E-state index contributed by atoms with van der Waals surface area (Å²) in [5, 5.41) is 0. The van der Waals surface area contributed by atoms with Crippen molar-refractivity contribution in [3.05, 3.63) is 54.1 Å². The maximum absolute atomic E-state index is 10.4. The Morgan fingerprint density at radius 3 is 2.76 bits per heavy atom. The molecule has 17 heavy (non-hydrogen) atoms. The quantitative estimate of drug-likeness (QED) is 0.733. The van der Waals surface area contributed by atoms with Gasteiger partial charge in [-0.2, -0.15) is 0 Å². The number of rotatable bonds is 5. The van der Waals surface area contributed by atoms with Crippen molar-refractivity contribution in [1.29, 1.82) is 0 Å². The number of pyridine rings is 2. The molecule has 0 spiro atoms. The summed E-state index contributed by atoms with van der Waals surface area (Å²) < 4.78 is 5.49. The van der Waals surface area contributed by atoms with Gasteiger partial charge in [-0.15, -0.1) is 0 Å². The van der Waals surface area contributed by atoms with Crippen LogP contribution in [0.1, 0.15) is 16.2 Å². The SMILES string of the molecule is O=Cc1ccc(OCCc2ccccn2)cn1. The Bertz CT molecular complexity index is 469. The van der Waals surface area contributed by atoms with Crippen LogP contribution in [0, 0.1) is 0 Å². The van der Waals surface area contributed by atoms with Gasteiger partial charge in [-0.1, -0.05) is 6.07 Å². The van der Waals surface area contributed by atoms with Crippen LogP contribution >= 0.6 is 0 Å². The number of carbonyl (C=O) groups is 1. The third-order valence-electron chi connectivity index (χ3n) is 2.23. The lowest BCUT2D eigenvalue weighted by atomic mass is 10.3. The van der Waals surface area contributed by atoms with Crippen LogP contribution in [0.5, 0.6) is 5.75 Å². The summed E-state index contributed by atoms with van der Waals surface area (Å²) in [4.78, 5) is 18.5. The summed E-state index contributed by atoms with van der Waals surface area (Å²) in [5.41, 5.74) is 1.40. The molecule has 0 aromatic carbocycles. The lowest BCUT2D eigenvalue weighted by Gasteiger charge is -2.05. The van der Waals surface area contributed by atoms with Gasteiger partial charge in [0.2, 0.25) is 0 Å². The monoisotopic (exact) mass is 228 g/mol. The highest BCUT2D eigenvalue weighted by Gasteiger charge is 1.97. The number of aromatic nitrogens is 2. The number of aldehydes is 1. The number of hydrogen-bond donors (Lipinski definition) is 0. The van der Waals surface area contributed by atoms with Gasteiger partial charge in [0.15, 0.2) is 6.29 Å². The van der Waals surface area contributed by atoms with E-state index < -0.39 is 0 Å². The Balaban J connectivity index is 1.84. The molecule has 0 aliphatic heterocycles. The highest BCUT2D eigenvalue weighted by atomic mass is 16.5. The first-order chi connectivity index (χ1) is 8.38. The molecule has 0 aliphatic carbocycles. The van der Waals surface area contributed by atoms with Crippen LogP contribution in [-0.4, -0.2) is 22.9 Å². The standard InChI is InChI=1S/C13H12N2O2/c16-10-12-4-5-13(9-15-12)17-8-6-11-3-1-2-7-14-11/h1-5,7,9-10H,6,8H2. The van der Waals surface area contributed by atoms with E-state index in [1.807, 2.05) is 18.2 Å². The minimum Gasteiger partial charge on any atom is -0.492 e. The van der Waals surface area contributed by atoms with E-state index >= 15 is 0 Å². The van der Waals surface area contributed by atoms with Gasteiger partial charge < -0.3 is 4.74 Å². The molecular formula is C13H12N2O2. The van der Waals surface area contributed by atoms with Gasteiger partial charge >= 0.3 is 0 Å². The van der Waals surface area contributed by atoms with Gasteiger partial charge in [-0.05, 0) is 24.3 Å². The lowest BCUT2D eigenvalue weighted by molar-refractivity contribution is 0.111. The normalized spacial score (nSPS) is 9.88. The Kier molecular flexibility index (Phi) is 3.81. The fraction of sp³-hybridized carbons (Fsp3) is 0.154. The van der Waals surface area contributed by atoms with Gasteiger partial charge in [0.1, 0.15) is 11.4 Å². The molecule has 0 aliphatic rings. The van der Waals surface area contributed by atoms with E-state index in [0.717, 1.165) is 12.1 Å². The van der Waals surface area contributed by atoms with E-state index in [9.17, 15) is 4.79 Å². The second kappa shape index (κ2) is 5.75. The van der Waals surface area contributed by atoms with Crippen LogP contribution in [0.3, 0.4) is 0 Å². The van der Waals surface area contributed by atoms with E-state index in [0.29, 0.717) is 24.3 Å². The van der Waals surface area contributed by atoms with Crippen molar-refractivity contribution in [1.82, 2.24) is 9.97 Å². The molecule has 0 radical (unpaired) electrons. The molecule has 86 valence electrons. The van der Waals surface area contributed by atoms with Crippen LogP contribution in [0.4, 0.5) is 0 Å². The smallest absolute Gasteiger partial charge is 0.168 e. The van der Waals surface area contributed by atoms with Crippen molar-refractivity contribution in [2.24, 2.45) is 0 Å². The molecule has 0 saturated carbocycles. The Hall–Kier alpha value is -2.23. The minimum absolute atomic E-state index is 0.405. The zero-order valence-electron chi connectivity index (χ0n) is 9.24. The summed E-state index contributed by atoms with van der Waals surface area (Å²) in [6, 6.07) is 9.14.